The predicted octanol–water partition coefficient (Wildman–Crippen LogP) is 3.41. The van der Waals surface area contributed by atoms with Gasteiger partial charge in [-0.25, -0.2) is 0 Å². The fraction of sp³-hybridized carbons (Fsp3) is 0.571. The molecular weight excluding hydrogens is 588 g/mol. The number of rotatable bonds is 6. The van der Waals surface area contributed by atoms with Gasteiger partial charge in [0.05, 0.1) is 24.7 Å². The molecule has 1 aliphatic heterocycles. The van der Waals surface area contributed by atoms with E-state index in [1.807, 2.05) is 12.1 Å². The van der Waals surface area contributed by atoms with Crippen LogP contribution in [0.1, 0.15) is 79.0 Å². The number of aromatic nitrogens is 1. The Bertz CT molecular complexity index is 1430. The number of ether oxygens (including phenoxy) is 3. The molecule has 1 aromatic heterocycles. The summed E-state index contributed by atoms with van der Waals surface area (Å²) >= 11 is 0. The maximum Gasteiger partial charge on any atom is 0.314 e. The van der Waals surface area contributed by atoms with Crippen molar-refractivity contribution in [2.45, 2.75) is 71.1 Å². The van der Waals surface area contributed by atoms with Crippen molar-refractivity contribution in [3.05, 3.63) is 52.8 Å². The number of esters is 1. The SMILES string of the molecule is CCOC(=O)C1(CC2CC2)CNC(=O)CCCN(C(=O)c2cnc3c(c2)CCCC3)CCNC(=O)COc2cc(ccc2OC)C1. The first-order valence-electron chi connectivity index (χ1n) is 16.6. The van der Waals surface area contributed by atoms with E-state index in [0.29, 0.717) is 48.8 Å². The second-order valence-electron chi connectivity index (χ2n) is 12.7. The van der Waals surface area contributed by atoms with Crippen LogP contribution in [0.5, 0.6) is 11.5 Å². The quantitative estimate of drug-likeness (QED) is 0.462. The second kappa shape index (κ2) is 15.4. The molecule has 1 unspecified atom stereocenters. The van der Waals surface area contributed by atoms with Gasteiger partial charge in [0.15, 0.2) is 18.1 Å². The van der Waals surface area contributed by atoms with Crippen LogP contribution in [0.25, 0.3) is 0 Å². The smallest absolute Gasteiger partial charge is 0.314 e. The first kappa shape index (κ1) is 33.2. The first-order valence-corrected chi connectivity index (χ1v) is 16.6. The Morgan fingerprint density at radius 1 is 1.04 bits per heavy atom. The minimum Gasteiger partial charge on any atom is -0.493 e. The second-order valence-corrected chi connectivity index (χ2v) is 12.7. The van der Waals surface area contributed by atoms with Crippen LogP contribution < -0.4 is 20.1 Å². The van der Waals surface area contributed by atoms with Crippen molar-refractivity contribution in [1.29, 1.82) is 0 Å². The summed E-state index contributed by atoms with van der Waals surface area (Å²) in [5.74, 6) is 0.151. The van der Waals surface area contributed by atoms with Gasteiger partial charge >= 0.3 is 5.97 Å². The molecule has 2 N–H and O–H groups in total. The van der Waals surface area contributed by atoms with Crippen LogP contribution in [0.4, 0.5) is 0 Å². The van der Waals surface area contributed by atoms with Gasteiger partial charge in [-0.2, -0.15) is 0 Å². The third kappa shape index (κ3) is 8.55. The van der Waals surface area contributed by atoms with Crippen molar-refractivity contribution in [3.8, 4) is 11.5 Å². The number of pyridine rings is 1. The fourth-order valence-corrected chi connectivity index (χ4v) is 6.44. The largest absolute Gasteiger partial charge is 0.493 e. The molecule has 11 heteroatoms. The van der Waals surface area contributed by atoms with Crippen LogP contribution >= 0.6 is 0 Å². The van der Waals surface area contributed by atoms with Crippen molar-refractivity contribution in [3.63, 3.8) is 0 Å². The van der Waals surface area contributed by atoms with Crippen molar-refractivity contribution in [2.75, 3.05) is 46.5 Å². The van der Waals surface area contributed by atoms with E-state index in [-0.39, 0.29) is 63.0 Å². The average Bonchev–Trinajstić information content (AvgIpc) is 3.88. The molecule has 1 aromatic carbocycles. The number of carbonyl (C=O) groups excluding carboxylic acids is 4. The Morgan fingerprint density at radius 2 is 1.87 bits per heavy atom. The number of carbonyl (C=O) groups is 4. The van der Waals surface area contributed by atoms with Gasteiger partial charge in [0, 0.05) is 44.5 Å². The number of aryl methyl sites for hydroxylation is 2. The summed E-state index contributed by atoms with van der Waals surface area (Å²) in [6.45, 7) is 2.70. The Hall–Kier alpha value is -4.15. The number of benzene rings is 1. The van der Waals surface area contributed by atoms with Crippen LogP contribution in [-0.4, -0.2) is 80.1 Å². The lowest BCUT2D eigenvalue weighted by atomic mass is 9.76. The minimum atomic E-state index is -0.969. The molecule has 2 bridgehead atoms. The van der Waals surface area contributed by atoms with Crippen molar-refractivity contribution >= 4 is 23.7 Å². The monoisotopic (exact) mass is 634 g/mol. The van der Waals surface area contributed by atoms with Gasteiger partial charge in [0.1, 0.15) is 0 Å². The van der Waals surface area contributed by atoms with E-state index in [1.54, 1.807) is 30.2 Å². The summed E-state index contributed by atoms with van der Waals surface area (Å²) in [5, 5.41) is 5.87. The molecule has 0 radical (unpaired) electrons. The number of hydrogen-bond acceptors (Lipinski definition) is 8. The lowest BCUT2D eigenvalue weighted by molar-refractivity contribution is -0.156. The van der Waals surface area contributed by atoms with Crippen LogP contribution in [0.3, 0.4) is 0 Å². The number of nitrogens with one attached hydrogen (secondary N) is 2. The van der Waals surface area contributed by atoms with E-state index in [1.165, 1.54) is 7.11 Å². The highest BCUT2D eigenvalue weighted by molar-refractivity contribution is 5.94. The summed E-state index contributed by atoms with van der Waals surface area (Å²) in [6.07, 6.45) is 9.22. The third-order valence-corrected chi connectivity index (χ3v) is 9.08. The minimum absolute atomic E-state index is 0.134. The molecule has 1 fully saturated rings. The summed E-state index contributed by atoms with van der Waals surface area (Å²) in [6, 6.07) is 7.35. The zero-order valence-electron chi connectivity index (χ0n) is 27.0. The molecular formula is C35H46N4O7. The van der Waals surface area contributed by atoms with Crippen LogP contribution in [0.15, 0.2) is 30.5 Å². The summed E-state index contributed by atoms with van der Waals surface area (Å²) in [4.78, 5) is 59.5. The van der Waals surface area contributed by atoms with Crippen LogP contribution in [0.2, 0.25) is 0 Å². The van der Waals surface area contributed by atoms with E-state index >= 15 is 0 Å². The number of amides is 3. The van der Waals surface area contributed by atoms with Gasteiger partial charge in [-0.3, -0.25) is 24.2 Å². The Kier molecular flexibility index (Phi) is 11.1. The molecule has 0 saturated heterocycles. The average molecular weight is 635 g/mol. The van der Waals surface area contributed by atoms with Crippen LogP contribution in [-0.2, 0) is 38.4 Å². The van der Waals surface area contributed by atoms with Gasteiger partial charge in [-0.05, 0) is 87.1 Å². The molecule has 5 rings (SSSR count). The molecule has 1 atom stereocenters. The van der Waals surface area contributed by atoms with E-state index in [4.69, 9.17) is 14.2 Å². The zero-order chi connectivity index (χ0) is 32.5. The van der Waals surface area contributed by atoms with Crippen molar-refractivity contribution in [2.24, 2.45) is 11.3 Å². The molecule has 0 spiro atoms. The Balaban J connectivity index is 1.38. The van der Waals surface area contributed by atoms with Gasteiger partial charge in [-0.15, -0.1) is 0 Å². The molecule has 3 amide bonds. The maximum atomic E-state index is 13.7. The normalized spacial score (nSPS) is 21.4. The molecule has 248 valence electrons. The molecule has 46 heavy (non-hydrogen) atoms. The molecule has 3 aliphatic rings. The standard InChI is InChI=1S/C35H46N4O7/c1-3-45-34(43)35(19-24-10-11-24)20-25-12-13-29(44-2)30(17-25)46-22-32(41)36-14-16-39(15-6-9-31(40)38-23-35)33(42)27-18-26-7-4-5-8-28(26)37-21-27/h12-13,17-18,21,24H,3-11,14-16,19-20,22-23H2,1-2H3,(H,36,41)(H,38,40). The van der Waals surface area contributed by atoms with Gasteiger partial charge < -0.3 is 29.7 Å². The summed E-state index contributed by atoms with van der Waals surface area (Å²) in [7, 11) is 1.52. The van der Waals surface area contributed by atoms with Crippen molar-refractivity contribution < 1.29 is 33.4 Å². The van der Waals surface area contributed by atoms with Crippen LogP contribution in [0, 0.1) is 11.3 Å². The highest BCUT2D eigenvalue weighted by Crippen LogP contribution is 2.43. The van der Waals surface area contributed by atoms with E-state index in [0.717, 1.165) is 55.3 Å². The highest BCUT2D eigenvalue weighted by Gasteiger charge is 2.45. The van der Waals surface area contributed by atoms with Crippen molar-refractivity contribution in [1.82, 2.24) is 20.5 Å². The highest BCUT2D eigenvalue weighted by atomic mass is 16.5. The lowest BCUT2D eigenvalue weighted by Gasteiger charge is -2.32. The molecule has 11 nitrogen and oxygen atoms in total. The summed E-state index contributed by atoms with van der Waals surface area (Å²) < 4.78 is 17.0. The Labute approximate surface area is 270 Å². The first-order chi connectivity index (χ1) is 22.3. The third-order valence-electron chi connectivity index (χ3n) is 9.08. The Morgan fingerprint density at radius 3 is 2.65 bits per heavy atom. The lowest BCUT2D eigenvalue weighted by Crippen LogP contribution is -2.46. The molecule has 2 aliphatic carbocycles. The summed E-state index contributed by atoms with van der Waals surface area (Å²) in [5.41, 5.74) is 2.51. The van der Waals surface area contributed by atoms with Gasteiger partial charge in [0.25, 0.3) is 11.8 Å². The number of nitrogens with zero attached hydrogens (tertiary/aromatic N) is 2. The van der Waals surface area contributed by atoms with E-state index in [9.17, 15) is 19.2 Å². The number of hydrogen-bond donors (Lipinski definition) is 2. The zero-order valence-corrected chi connectivity index (χ0v) is 27.0. The predicted molar refractivity (Wildman–Crippen MR) is 171 cm³/mol. The topological polar surface area (TPSA) is 136 Å². The number of fused-ring (bicyclic) bond motifs is 3. The molecule has 2 heterocycles. The maximum absolute atomic E-state index is 13.7. The van der Waals surface area contributed by atoms with Gasteiger partial charge in [-0.1, -0.05) is 18.9 Å². The van der Waals surface area contributed by atoms with E-state index in [2.05, 4.69) is 15.6 Å². The van der Waals surface area contributed by atoms with E-state index < -0.39 is 5.41 Å². The van der Waals surface area contributed by atoms with Gasteiger partial charge in [0.2, 0.25) is 5.91 Å². The molecule has 1 saturated carbocycles. The fourth-order valence-electron chi connectivity index (χ4n) is 6.44. The number of methoxy groups -OCH3 is 1. The molecule has 2 aromatic rings.